The number of carbonyl (C=O) groups excluding carboxylic acids is 1. The highest BCUT2D eigenvalue weighted by molar-refractivity contribution is 9.10. The molecule has 7 heteroatoms. The molecule has 2 atom stereocenters. The average Bonchev–Trinajstić information content (AvgIpc) is 3.12. The maximum atomic E-state index is 12.3. The van der Waals surface area contributed by atoms with Crippen LogP contribution in [-0.4, -0.2) is 43.3 Å². The van der Waals surface area contributed by atoms with Gasteiger partial charge in [0.2, 0.25) is 0 Å². The molecular weight excluding hydrogens is 400 g/mol. The van der Waals surface area contributed by atoms with Crippen LogP contribution >= 0.6 is 15.9 Å². The molecule has 2 aromatic rings. The van der Waals surface area contributed by atoms with Crippen LogP contribution < -0.4 is 5.32 Å². The lowest BCUT2D eigenvalue weighted by atomic mass is 10.2. The quantitative estimate of drug-likeness (QED) is 0.767. The van der Waals surface area contributed by atoms with Crippen molar-refractivity contribution in [3.63, 3.8) is 0 Å². The molecule has 1 aliphatic heterocycles. The maximum absolute atomic E-state index is 12.3. The van der Waals surface area contributed by atoms with Gasteiger partial charge in [0.15, 0.2) is 4.67 Å². The third-order valence-electron chi connectivity index (χ3n) is 4.27. The van der Waals surface area contributed by atoms with Gasteiger partial charge in [-0.15, -0.1) is 0 Å². The number of rotatable bonds is 6. The Balaban J connectivity index is 1.43. The van der Waals surface area contributed by atoms with E-state index >= 15 is 0 Å². The van der Waals surface area contributed by atoms with Crippen LogP contribution in [0.4, 0.5) is 4.79 Å². The molecule has 0 aliphatic carbocycles. The van der Waals surface area contributed by atoms with Crippen LogP contribution in [0.15, 0.2) is 51.6 Å². The number of amides is 1. The van der Waals surface area contributed by atoms with E-state index < -0.39 is 0 Å². The lowest BCUT2D eigenvalue weighted by Gasteiger charge is -2.32. The molecule has 0 radical (unpaired) electrons. The van der Waals surface area contributed by atoms with Crippen molar-refractivity contribution in [3.8, 4) is 0 Å². The Morgan fingerprint density at radius 1 is 1.35 bits per heavy atom. The lowest BCUT2D eigenvalue weighted by molar-refractivity contribution is -0.0280. The Morgan fingerprint density at radius 3 is 2.88 bits per heavy atom. The van der Waals surface area contributed by atoms with Gasteiger partial charge in [0.1, 0.15) is 12.4 Å². The first-order valence-corrected chi connectivity index (χ1v) is 9.47. The first kappa shape index (κ1) is 18.9. The van der Waals surface area contributed by atoms with E-state index in [0.717, 1.165) is 11.3 Å². The van der Waals surface area contributed by atoms with E-state index in [-0.39, 0.29) is 24.8 Å². The Morgan fingerprint density at radius 2 is 2.15 bits per heavy atom. The number of carbonyl (C=O) groups is 1. The molecule has 1 aliphatic rings. The summed E-state index contributed by atoms with van der Waals surface area (Å²) in [5.41, 5.74) is 0.978. The van der Waals surface area contributed by atoms with Gasteiger partial charge in [-0.2, -0.15) is 0 Å². The molecular formula is C19H23BrN2O4. The molecule has 140 valence electrons. The first-order valence-electron chi connectivity index (χ1n) is 8.67. The zero-order valence-corrected chi connectivity index (χ0v) is 16.3. The number of furan rings is 1. The van der Waals surface area contributed by atoms with Crippen LogP contribution in [0.25, 0.3) is 0 Å². The van der Waals surface area contributed by atoms with Crippen molar-refractivity contribution in [2.24, 2.45) is 0 Å². The second-order valence-electron chi connectivity index (χ2n) is 6.25. The zero-order chi connectivity index (χ0) is 18.4. The molecule has 1 saturated heterocycles. The number of benzene rings is 1. The van der Waals surface area contributed by atoms with Crippen LogP contribution in [0, 0.1) is 0 Å². The normalized spacial score (nSPS) is 18.5. The van der Waals surface area contributed by atoms with Crippen molar-refractivity contribution in [1.29, 1.82) is 0 Å². The minimum absolute atomic E-state index is 0.0605. The average molecular weight is 423 g/mol. The van der Waals surface area contributed by atoms with E-state index in [1.54, 1.807) is 4.90 Å². The molecule has 6 nitrogen and oxygen atoms in total. The van der Waals surface area contributed by atoms with Gasteiger partial charge in [-0.05, 0) is 40.5 Å². The smallest absolute Gasteiger partial charge is 0.410 e. The highest BCUT2D eigenvalue weighted by atomic mass is 79.9. The molecule has 1 aromatic carbocycles. The fourth-order valence-corrected chi connectivity index (χ4v) is 3.11. The highest BCUT2D eigenvalue weighted by Crippen LogP contribution is 2.20. The summed E-state index contributed by atoms with van der Waals surface area (Å²) < 4.78 is 17.4. The van der Waals surface area contributed by atoms with Gasteiger partial charge in [-0.1, -0.05) is 30.3 Å². The van der Waals surface area contributed by atoms with Crippen molar-refractivity contribution >= 4 is 22.0 Å². The van der Waals surface area contributed by atoms with E-state index in [1.807, 2.05) is 49.4 Å². The van der Waals surface area contributed by atoms with Crippen LogP contribution in [0.5, 0.6) is 0 Å². The van der Waals surface area contributed by atoms with Crippen molar-refractivity contribution in [2.45, 2.75) is 25.7 Å². The fraction of sp³-hybridized carbons (Fsp3) is 0.421. The summed E-state index contributed by atoms with van der Waals surface area (Å²) in [6, 6.07) is 13.5. The summed E-state index contributed by atoms with van der Waals surface area (Å²) in [4.78, 5) is 14.0. The molecule has 1 fully saturated rings. The summed E-state index contributed by atoms with van der Waals surface area (Å²) in [5, 5.41) is 3.38. The van der Waals surface area contributed by atoms with Crippen LogP contribution in [0.2, 0.25) is 0 Å². The second kappa shape index (κ2) is 9.21. The van der Waals surface area contributed by atoms with Gasteiger partial charge in [0.05, 0.1) is 25.3 Å². The Hall–Kier alpha value is -1.83. The topological polar surface area (TPSA) is 63.9 Å². The molecule has 1 aromatic heterocycles. The number of morpholine rings is 1. The molecule has 1 amide bonds. The Bertz CT molecular complexity index is 707. The summed E-state index contributed by atoms with van der Waals surface area (Å²) >= 11 is 3.31. The first-order chi connectivity index (χ1) is 12.6. The standard InChI is InChI=1S/C19H23BrN2O4/c1-14(17-7-8-18(20)26-17)21-11-16-12-22(9-10-24-16)19(23)25-13-15-5-3-2-4-6-15/h2-8,14,16,21H,9-13H2,1H3. The lowest BCUT2D eigenvalue weighted by Crippen LogP contribution is -2.49. The van der Waals surface area contributed by atoms with E-state index in [9.17, 15) is 4.79 Å². The molecule has 0 bridgehead atoms. The molecule has 2 unspecified atom stereocenters. The van der Waals surface area contributed by atoms with E-state index in [1.165, 1.54) is 0 Å². The number of halogens is 1. The van der Waals surface area contributed by atoms with Gasteiger partial charge in [0.25, 0.3) is 0 Å². The molecule has 0 saturated carbocycles. The highest BCUT2D eigenvalue weighted by Gasteiger charge is 2.25. The number of nitrogens with zero attached hydrogens (tertiary/aromatic N) is 1. The molecule has 1 N–H and O–H groups in total. The largest absolute Gasteiger partial charge is 0.453 e. The summed E-state index contributed by atoms with van der Waals surface area (Å²) in [5.74, 6) is 0.854. The Labute approximate surface area is 161 Å². The van der Waals surface area contributed by atoms with E-state index in [2.05, 4.69) is 21.2 Å². The predicted molar refractivity (Wildman–Crippen MR) is 101 cm³/mol. The van der Waals surface area contributed by atoms with Crippen LogP contribution in [-0.2, 0) is 16.1 Å². The monoisotopic (exact) mass is 422 g/mol. The van der Waals surface area contributed by atoms with Gasteiger partial charge in [0, 0.05) is 13.1 Å². The molecule has 2 heterocycles. The van der Waals surface area contributed by atoms with Gasteiger partial charge in [-0.3, -0.25) is 0 Å². The summed E-state index contributed by atoms with van der Waals surface area (Å²) in [7, 11) is 0. The molecule has 3 rings (SSSR count). The summed E-state index contributed by atoms with van der Waals surface area (Å²) in [6.45, 7) is 4.50. The van der Waals surface area contributed by atoms with Gasteiger partial charge in [-0.25, -0.2) is 4.79 Å². The Kier molecular flexibility index (Phi) is 6.71. The zero-order valence-electron chi connectivity index (χ0n) is 14.7. The summed E-state index contributed by atoms with van der Waals surface area (Å²) in [6.07, 6.45) is -0.376. The minimum Gasteiger partial charge on any atom is -0.453 e. The van der Waals surface area contributed by atoms with Gasteiger partial charge >= 0.3 is 6.09 Å². The predicted octanol–water partition coefficient (Wildman–Crippen LogP) is 3.73. The van der Waals surface area contributed by atoms with Crippen molar-refractivity contribution in [1.82, 2.24) is 10.2 Å². The minimum atomic E-state index is -0.301. The van der Waals surface area contributed by atoms with Crippen LogP contribution in [0.1, 0.15) is 24.3 Å². The van der Waals surface area contributed by atoms with Crippen molar-refractivity contribution < 1.29 is 18.7 Å². The number of nitrogens with one attached hydrogen (secondary N) is 1. The van der Waals surface area contributed by atoms with E-state index in [4.69, 9.17) is 13.9 Å². The number of hydrogen-bond donors (Lipinski definition) is 1. The van der Waals surface area contributed by atoms with E-state index in [0.29, 0.717) is 30.9 Å². The SMILES string of the molecule is CC(NCC1CN(C(=O)OCc2ccccc2)CCO1)c1ccc(Br)o1. The van der Waals surface area contributed by atoms with Crippen molar-refractivity contribution in [3.05, 3.63) is 58.5 Å². The van der Waals surface area contributed by atoms with Crippen molar-refractivity contribution in [2.75, 3.05) is 26.2 Å². The number of ether oxygens (including phenoxy) is 2. The molecule has 26 heavy (non-hydrogen) atoms. The maximum Gasteiger partial charge on any atom is 0.410 e. The second-order valence-corrected chi connectivity index (χ2v) is 7.03. The molecule has 0 spiro atoms. The van der Waals surface area contributed by atoms with Crippen LogP contribution in [0.3, 0.4) is 0 Å². The fourth-order valence-electron chi connectivity index (χ4n) is 2.79. The third kappa shape index (κ3) is 5.33. The number of hydrogen-bond acceptors (Lipinski definition) is 5. The van der Waals surface area contributed by atoms with Gasteiger partial charge < -0.3 is 24.1 Å². The third-order valence-corrected chi connectivity index (χ3v) is 4.70.